The molecular formula is C13H23N3. The lowest BCUT2D eigenvalue weighted by atomic mass is 9.96. The van der Waals surface area contributed by atoms with Gasteiger partial charge in [-0.05, 0) is 38.6 Å². The number of hydrogen-bond donors (Lipinski definition) is 1. The normalized spacial score (nSPS) is 36.5. The van der Waals surface area contributed by atoms with Crippen LogP contribution in [0.4, 0.5) is 0 Å². The van der Waals surface area contributed by atoms with Crippen molar-refractivity contribution in [3.8, 4) is 0 Å². The molecule has 90 valence electrons. The van der Waals surface area contributed by atoms with E-state index in [1.165, 1.54) is 51.6 Å². The number of nitrogens with zero attached hydrogens (tertiary/aromatic N) is 2. The second-order valence-electron chi connectivity index (χ2n) is 5.55. The lowest BCUT2D eigenvalue weighted by Gasteiger charge is -2.40. The van der Waals surface area contributed by atoms with Crippen LogP contribution in [0, 0.1) is 5.41 Å². The van der Waals surface area contributed by atoms with E-state index >= 15 is 0 Å². The molecule has 0 aromatic heterocycles. The summed E-state index contributed by atoms with van der Waals surface area (Å²) >= 11 is 0. The number of rotatable bonds is 1. The molecule has 3 heterocycles. The molecule has 3 aliphatic heterocycles. The molecule has 3 saturated heterocycles. The van der Waals surface area contributed by atoms with Gasteiger partial charge in [-0.3, -0.25) is 10.3 Å². The third-order valence-corrected chi connectivity index (χ3v) is 4.63. The van der Waals surface area contributed by atoms with Gasteiger partial charge >= 0.3 is 0 Å². The van der Waals surface area contributed by atoms with Gasteiger partial charge in [0, 0.05) is 31.6 Å². The number of piperidine rings is 2. The number of amidine groups is 1. The average Bonchev–Trinajstić information content (AvgIpc) is 2.74. The van der Waals surface area contributed by atoms with Gasteiger partial charge in [-0.2, -0.15) is 0 Å². The first kappa shape index (κ1) is 10.6. The van der Waals surface area contributed by atoms with Gasteiger partial charge < -0.3 is 4.90 Å². The fraction of sp³-hybridized carbons (Fsp3) is 0.923. The highest BCUT2D eigenvalue weighted by atomic mass is 15.3. The molecule has 16 heavy (non-hydrogen) atoms. The van der Waals surface area contributed by atoms with Crippen molar-refractivity contribution in [3.63, 3.8) is 0 Å². The van der Waals surface area contributed by atoms with Crippen LogP contribution < -0.4 is 0 Å². The molecule has 0 spiro atoms. The van der Waals surface area contributed by atoms with E-state index in [4.69, 9.17) is 5.41 Å². The first-order valence-corrected chi connectivity index (χ1v) is 6.94. The Balaban J connectivity index is 1.71. The smallest absolute Gasteiger partial charge is 0.0960 e. The highest BCUT2D eigenvalue weighted by molar-refractivity contribution is 5.80. The summed E-state index contributed by atoms with van der Waals surface area (Å²) in [5.41, 5.74) is 0. The van der Waals surface area contributed by atoms with Crippen molar-refractivity contribution in [1.29, 1.82) is 5.41 Å². The molecule has 3 fully saturated rings. The highest BCUT2D eigenvalue weighted by Gasteiger charge is 2.39. The third-order valence-electron chi connectivity index (χ3n) is 4.63. The number of fused-ring (bicyclic) bond motifs is 1. The summed E-state index contributed by atoms with van der Waals surface area (Å²) in [6, 6.07) is 1.44. The van der Waals surface area contributed by atoms with Gasteiger partial charge in [-0.1, -0.05) is 6.42 Å². The summed E-state index contributed by atoms with van der Waals surface area (Å²) < 4.78 is 0. The fourth-order valence-corrected chi connectivity index (χ4v) is 3.80. The Morgan fingerprint density at radius 3 is 2.62 bits per heavy atom. The molecule has 2 atom stereocenters. The van der Waals surface area contributed by atoms with Gasteiger partial charge in [0.25, 0.3) is 0 Å². The molecule has 0 aliphatic carbocycles. The standard InChI is InChI=1S/C13H23N3/c14-13-6-2-4-9-16(13)12-7-10-15-8-3-1-5-11(12)15/h11-12,14H,1-10H2. The molecule has 0 radical (unpaired) electrons. The third kappa shape index (κ3) is 1.75. The molecule has 0 amide bonds. The van der Waals surface area contributed by atoms with Crippen molar-refractivity contribution in [2.75, 3.05) is 19.6 Å². The first-order valence-electron chi connectivity index (χ1n) is 6.94. The van der Waals surface area contributed by atoms with Crippen LogP contribution in [-0.4, -0.2) is 47.4 Å². The maximum absolute atomic E-state index is 8.12. The minimum Gasteiger partial charge on any atom is -0.356 e. The van der Waals surface area contributed by atoms with Crippen LogP contribution in [0.2, 0.25) is 0 Å². The van der Waals surface area contributed by atoms with Gasteiger partial charge in [-0.15, -0.1) is 0 Å². The number of likely N-dealkylation sites (tertiary alicyclic amines) is 1. The summed E-state index contributed by atoms with van der Waals surface area (Å²) in [6.07, 6.45) is 9.01. The molecule has 2 unspecified atom stereocenters. The first-order chi connectivity index (χ1) is 7.86. The van der Waals surface area contributed by atoms with Gasteiger partial charge in [0.1, 0.15) is 0 Å². The van der Waals surface area contributed by atoms with Crippen LogP contribution in [0.15, 0.2) is 0 Å². The molecule has 3 aliphatic rings. The van der Waals surface area contributed by atoms with Gasteiger partial charge in [-0.25, -0.2) is 0 Å². The van der Waals surface area contributed by atoms with Crippen molar-refractivity contribution in [3.05, 3.63) is 0 Å². The Morgan fingerprint density at radius 2 is 1.75 bits per heavy atom. The molecule has 3 heteroatoms. The zero-order valence-corrected chi connectivity index (χ0v) is 10.1. The van der Waals surface area contributed by atoms with Gasteiger partial charge in [0.05, 0.1) is 5.84 Å². The van der Waals surface area contributed by atoms with E-state index in [1.807, 2.05) is 0 Å². The molecule has 0 aromatic rings. The topological polar surface area (TPSA) is 30.3 Å². The van der Waals surface area contributed by atoms with Crippen molar-refractivity contribution in [2.24, 2.45) is 0 Å². The van der Waals surface area contributed by atoms with E-state index in [1.54, 1.807) is 0 Å². The zero-order chi connectivity index (χ0) is 11.0. The molecule has 0 saturated carbocycles. The van der Waals surface area contributed by atoms with Gasteiger partial charge in [0.15, 0.2) is 0 Å². The minimum absolute atomic E-state index is 0.674. The lowest BCUT2D eigenvalue weighted by Crippen LogP contribution is -2.50. The molecule has 1 N–H and O–H groups in total. The van der Waals surface area contributed by atoms with Crippen LogP contribution in [0.25, 0.3) is 0 Å². The minimum atomic E-state index is 0.674. The predicted octanol–water partition coefficient (Wildman–Crippen LogP) is 2.08. The quantitative estimate of drug-likeness (QED) is 0.735. The van der Waals surface area contributed by atoms with Crippen molar-refractivity contribution in [1.82, 2.24) is 9.80 Å². The van der Waals surface area contributed by atoms with Crippen molar-refractivity contribution in [2.45, 2.75) is 57.0 Å². The van der Waals surface area contributed by atoms with Gasteiger partial charge in [0.2, 0.25) is 0 Å². The zero-order valence-electron chi connectivity index (χ0n) is 10.1. The largest absolute Gasteiger partial charge is 0.356 e. The molecule has 0 aromatic carbocycles. The number of nitrogens with one attached hydrogen (secondary N) is 1. The predicted molar refractivity (Wildman–Crippen MR) is 65.9 cm³/mol. The lowest BCUT2D eigenvalue weighted by molar-refractivity contribution is 0.145. The van der Waals surface area contributed by atoms with Crippen LogP contribution in [-0.2, 0) is 0 Å². The average molecular weight is 221 g/mol. The fourth-order valence-electron chi connectivity index (χ4n) is 3.80. The van der Waals surface area contributed by atoms with E-state index in [-0.39, 0.29) is 0 Å². The highest BCUT2D eigenvalue weighted by Crippen LogP contribution is 2.32. The maximum atomic E-state index is 8.12. The summed E-state index contributed by atoms with van der Waals surface area (Å²) in [4.78, 5) is 5.11. The Hall–Kier alpha value is -0.570. The van der Waals surface area contributed by atoms with Crippen LogP contribution in [0.5, 0.6) is 0 Å². The summed E-state index contributed by atoms with van der Waals surface area (Å²) in [6.45, 7) is 3.73. The summed E-state index contributed by atoms with van der Waals surface area (Å²) in [5.74, 6) is 0.920. The van der Waals surface area contributed by atoms with Crippen LogP contribution >= 0.6 is 0 Å². The Labute approximate surface area is 98.3 Å². The van der Waals surface area contributed by atoms with E-state index in [0.717, 1.165) is 24.8 Å². The molecular weight excluding hydrogens is 198 g/mol. The van der Waals surface area contributed by atoms with Crippen LogP contribution in [0.3, 0.4) is 0 Å². The second kappa shape index (κ2) is 4.36. The maximum Gasteiger partial charge on any atom is 0.0960 e. The SMILES string of the molecule is N=C1CCCCN1C1CCN2CCCCC12. The monoisotopic (exact) mass is 221 g/mol. The molecule has 3 nitrogen and oxygen atoms in total. The van der Waals surface area contributed by atoms with E-state index in [0.29, 0.717) is 6.04 Å². The van der Waals surface area contributed by atoms with Crippen molar-refractivity contribution >= 4 is 5.84 Å². The van der Waals surface area contributed by atoms with E-state index in [2.05, 4.69) is 9.80 Å². The Kier molecular flexibility index (Phi) is 2.88. The van der Waals surface area contributed by atoms with E-state index < -0.39 is 0 Å². The molecule has 0 bridgehead atoms. The van der Waals surface area contributed by atoms with Crippen molar-refractivity contribution < 1.29 is 0 Å². The number of hydrogen-bond acceptors (Lipinski definition) is 2. The Bertz CT molecular complexity index is 276. The Morgan fingerprint density at radius 1 is 0.875 bits per heavy atom. The molecule has 3 rings (SSSR count). The van der Waals surface area contributed by atoms with Crippen LogP contribution in [0.1, 0.15) is 44.9 Å². The summed E-state index contributed by atoms with van der Waals surface area (Å²) in [7, 11) is 0. The summed E-state index contributed by atoms with van der Waals surface area (Å²) in [5, 5.41) is 8.12. The second-order valence-corrected chi connectivity index (χ2v) is 5.55. The van der Waals surface area contributed by atoms with E-state index in [9.17, 15) is 0 Å².